The zero-order chi connectivity index (χ0) is 46.3. The smallest absolute Gasteiger partial charge is 0.0572 e. The summed E-state index contributed by atoms with van der Waals surface area (Å²) < 4.78 is 20.0. The molecule has 4 nitrogen and oxygen atoms in total. The molecule has 0 spiro atoms. The van der Waals surface area contributed by atoms with Crippen LogP contribution in [0.3, 0.4) is 0 Å². The van der Waals surface area contributed by atoms with E-state index in [0.717, 1.165) is 57.2 Å². The number of unbranched alkanes of at least 4 members (excludes halogenated alkanes) is 8. The number of benzene rings is 2. The Hall–Kier alpha value is -1.74. The minimum absolute atomic E-state index is 0. The molecule has 6 heterocycles. The second-order valence-electron chi connectivity index (χ2n) is 19.3. The van der Waals surface area contributed by atoms with E-state index in [-0.39, 0.29) is 47.5 Å². The van der Waals surface area contributed by atoms with Crippen LogP contribution in [0.1, 0.15) is 178 Å². The van der Waals surface area contributed by atoms with Crippen molar-refractivity contribution < 1.29 is 42.1 Å². The first kappa shape index (κ1) is 55.0. The van der Waals surface area contributed by atoms with Crippen molar-refractivity contribution >= 4 is 90.9 Å². The number of aromatic nitrogens is 4. The number of fused-ring (bicyclic) bond motifs is 5. The molecule has 0 saturated carbocycles. The van der Waals surface area contributed by atoms with E-state index in [1.165, 1.54) is 178 Å². The number of aryl methyl sites for hydroxylation is 2. The van der Waals surface area contributed by atoms with Crippen LogP contribution in [0, 0.1) is 24.0 Å². The van der Waals surface area contributed by atoms with Crippen molar-refractivity contribution in [2.24, 2.45) is 11.8 Å². The standard InChI is InChI=1S/C57H68N4S6.2W/c1-7-13-17-19-23-39-25-31-47(62-39)41-27-29-43(53-51(41)58-66-60-53)49-33-45-55(64-49)56-46(57(45,35-37(11-5)21-15-9-3)36-38(12-6)22-16-10-4)34-50(65-56)44-30-28-42(52-54(44)61-67-59-52)48-32-26-40(63-48)24-20-18-14-8-2;;/h25-28,31-34,37-38H,7-24,35-36H2,1-6H3;;/q-2;;. The quantitative estimate of drug-likeness (QED) is 0.0400. The molecular weight excluding hydrogens is 1300 g/mol. The predicted molar refractivity (Wildman–Crippen MR) is 297 cm³/mol. The van der Waals surface area contributed by atoms with Gasteiger partial charge in [0.1, 0.15) is 0 Å². The topological polar surface area (TPSA) is 51.6 Å². The van der Waals surface area contributed by atoms with Crippen molar-refractivity contribution in [3.63, 3.8) is 0 Å². The Morgan fingerprint density at radius 3 is 1.30 bits per heavy atom. The van der Waals surface area contributed by atoms with E-state index in [2.05, 4.69) is 102 Å². The van der Waals surface area contributed by atoms with E-state index in [9.17, 15) is 0 Å². The molecule has 69 heavy (non-hydrogen) atoms. The van der Waals surface area contributed by atoms with Gasteiger partial charge in [0, 0.05) is 89.1 Å². The van der Waals surface area contributed by atoms with Crippen molar-refractivity contribution in [3.05, 3.63) is 81.5 Å². The van der Waals surface area contributed by atoms with Crippen LogP contribution in [-0.2, 0) is 60.4 Å². The van der Waals surface area contributed by atoms with Crippen molar-refractivity contribution in [2.75, 3.05) is 0 Å². The summed E-state index contributed by atoms with van der Waals surface area (Å²) in [4.78, 5) is 10.9. The third-order valence-corrected chi connectivity index (χ3v) is 20.5. The molecule has 2 aromatic carbocycles. The van der Waals surface area contributed by atoms with Gasteiger partial charge in [-0.1, -0.05) is 167 Å². The number of hydrogen-bond donors (Lipinski definition) is 0. The summed E-state index contributed by atoms with van der Waals surface area (Å²) in [5.41, 5.74) is 11.6. The maximum Gasteiger partial charge on any atom is 0.0572 e. The van der Waals surface area contributed by atoms with Crippen LogP contribution >= 0.6 is 68.8 Å². The third kappa shape index (κ3) is 11.8. The molecule has 1 aliphatic carbocycles. The molecule has 12 heteroatoms. The van der Waals surface area contributed by atoms with E-state index in [4.69, 9.17) is 17.5 Å². The zero-order valence-corrected chi connectivity index (χ0v) is 52.2. The molecule has 366 valence electrons. The first-order chi connectivity index (χ1) is 32.9. The average Bonchev–Trinajstić information content (AvgIpc) is 4.22. The van der Waals surface area contributed by atoms with Crippen molar-refractivity contribution in [2.45, 2.75) is 175 Å². The van der Waals surface area contributed by atoms with Gasteiger partial charge in [-0.2, -0.15) is 54.1 Å². The molecule has 0 N–H and O–H groups in total. The molecular formula is C57H68N4S6W2-2. The van der Waals surface area contributed by atoms with Gasteiger partial charge in [-0.25, -0.2) is 8.75 Å². The van der Waals surface area contributed by atoms with Crippen LogP contribution in [0.5, 0.6) is 0 Å². The molecule has 2 unspecified atom stereocenters. The molecule has 0 radical (unpaired) electrons. The number of rotatable bonds is 26. The van der Waals surface area contributed by atoms with E-state index in [0.29, 0.717) is 11.8 Å². The van der Waals surface area contributed by atoms with Gasteiger partial charge in [0.05, 0.1) is 23.5 Å². The summed E-state index contributed by atoms with van der Waals surface area (Å²) >= 11 is 10.5. The molecule has 6 aromatic heterocycles. The minimum Gasteiger partial charge on any atom is -0.224 e. The summed E-state index contributed by atoms with van der Waals surface area (Å²) in [7, 11) is 0. The second-order valence-corrected chi connectivity index (χ2v) is 24.8. The summed E-state index contributed by atoms with van der Waals surface area (Å²) in [6, 6.07) is 26.5. The van der Waals surface area contributed by atoms with Crippen LogP contribution in [0.4, 0.5) is 0 Å². The van der Waals surface area contributed by atoms with Crippen LogP contribution in [0.25, 0.3) is 73.6 Å². The second kappa shape index (κ2) is 26.0. The van der Waals surface area contributed by atoms with Crippen molar-refractivity contribution in [3.8, 4) is 51.5 Å². The van der Waals surface area contributed by atoms with Gasteiger partial charge in [0.2, 0.25) is 0 Å². The van der Waals surface area contributed by atoms with Crippen molar-refractivity contribution in [1.29, 1.82) is 0 Å². The van der Waals surface area contributed by atoms with Crippen LogP contribution < -0.4 is 0 Å². The molecule has 0 aliphatic heterocycles. The number of nitrogens with zero attached hydrogens (tertiary/aromatic N) is 4. The van der Waals surface area contributed by atoms with Gasteiger partial charge in [0.15, 0.2) is 0 Å². The zero-order valence-electron chi connectivity index (χ0n) is 41.5. The first-order valence-electron chi connectivity index (χ1n) is 25.7. The Bertz CT molecular complexity index is 2670. The van der Waals surface area contributed by atoms with E-state index < -0.39 is 0 Å². The Balaban J connectivity index is 0.00000352. The van der Waals surface area contributed by atoms with Gasteiger partial charge in [-0.05, 0) is 93.1 Å². The number of hydrogen-bond acceptors (Lipinski definition) is 10. The fourth-order valence-corrected chi connectivity index (χ4v) is 16.7. The van der Waals surface area contributed by atoms with Gasteiger partial charge in [0.25, 0.3) is 0 Å². The number of thiophene rings is 4. The fourth-order valence-electron chi connectivity index (χ4n) is 10.8. The first-order valence-corrected chi connectivity index (χ1v) is 30.5. The molecule has 1 aliphatic rings. The Labute approximate surface area is 466 Å². The summed E-state index contributed by atoms with van der Waals surface area (Å²) in [6.07, 6.45) is 25.0. The molecule has 9 rings (SSSR count). The van der Waals surface area contributed by atoms with Gasteiger partial charge < -0.3 is 0 Å². The summed E-state index contributed by atoms with van der Waals surface area (Å²) in [6.45, 7) is 14.2. The summed E-state index contributed by atoms with van der Waals surface area (Å²) in [5.74, 6) is 1.30. The van der Waals surface area contributed by atoms with Crippen LogP contribution in [0.15, 0.2) is 48.5 Å². The van der Waals surface area contributed by atoms with Gasteiger partial charge in [-0.15, -0.1) is 35.4 Å². The molecule has 2 atom stereocenters. The largest absolute Gasteiger partial charge is 0.224 e. The minimum atomic E-state index is -0.0786. The van der Waals surface area contributed by atoms with Crippen LogP contribution in [-0.4, -0.2) is 17.5 Å². The summed E-state index contributed by atoms with van der Waals surface area (Å²) in [5, 5.41) is 0. The average molecular weight is 1370 g/mol. The molecule has 8 aromatic rings. The fraction of sp³-hybridized carbons (Fsp3) is 0.509. The molecule has 0 saturated heterocycles. The van der Waals surface area contributed by atoms with E-state index in [1.54, 1.807) is 11.1 Å². The van der Waals surface area contributed by atoms with Crippen molar-refractivity contribution in [1.82, 2.24) is 17.5 Å². The molecule has 0 amide bonds. The van der Waals surface area contributed by atoms with Gasteiger partial charge in [-0.3, -0.25) is 0 Å². The molecule has 0 bridgehead atoms. The Morgan fingerprint density at radius 2 is 0.899 bits per heavy atom. The van der Waals surface area contributed by atoms with Crippen LogP contribution in [0.2, 0.25) is 0 Å². The Morgan fingerprint density at radius 1 is 0.478 bits per heavy atom. The monoisotopic (exact) mass is 1370 g/mol. The normalized spacial score (nSPS) is 13.7. The van der Waals surface area contributed by atoms with Gasteiger partial charge >= 0.3 is 0 Å². The SMILES string of the molecule is CCCCCCc1ccc(-c2c[c-]c(-c3cc4c(s3)-c3sc(-c5[c-]cc(-c6ccc(CCCCCC)s6)c6nsnc56)cc3C4(CC(CC)CCCC)CC(CC)CCCC)c3nsnc23)s1.[W].[W]. The third-order valence-electron chi connectivity index (χ3n) is 14.6. The van der Waals surface area contributed by atoms with E-state index in [1.807, 2.05) is 45.3 Å². The van der Waals surface area contributed by atoms with E-state index >= 15 is 0 Å². The maximum absolute atomic E-state index is 5.03. The molecule has 0 fully saturated rings. The maximum atomic E-state index is 5.03. The predicted octanol–water partition coefficient (Wildman–Crippen LogP) is 19.9. The Kier molecular flexibility index (Phi) is 20.7.